The number of anilines is 2. The fourth-order valence-electron chi connectivity index (χ4n) is 3.15. The number of hydrogen-bond acceptors (Lipinski definition) is 4. The van der Waals surface area contributed by atoms with Gasteiger partial charge in [0.25, 0.3) is 0 Å². The van der Waals surface area contributed by atoms with Gasteiger partial charge in [0.2, 0.25) is 0 Å². The van der Waals surface area contributed by atoms with Crippen LogP contribution in [0.2, 0.25) is 0 Å². The lowest BCUT2D eigenvalue weighted by atomic mass is 9.99. The molecule has 0 aliphatic carbocycles. The second-order valence-corrected chi connectivity index (χ2v) is 7.07. The average molecular weight is 368 g/mol. The summed E-state index contributed by atoms with van der Waals surface area (Å²) in [5.74, 6) is 0.851. The molecule has 2 N–H and O–H groups in total. The van der Waals surface area contributed by atoms with E-state index in [1.165, 1.54) is 12.1 Å². The van der Waals surface area contributed by atoms with E-state index in [1.54, 1.807) is 6.07 Å². The molecule has 142 valence electrons. The van der Waals surface area contributed by atoms with Gasteiger partial charge >= 0.3 is 0 Å². The normalized spacial score (nSPS) is 11.2. The Balaban J connectivity index is 2.13. The Hall–Kier alpha value is -2.66. The van der Waals surface area contributed by atoms with Crippen molar-refractivity contribution in [1.82, 2.24) is 4.98 Å². The molecule has 0 radical (unpaired) electrons. The molecule has 0 aliphatic rings. The summed E-state index contributed by atoms with van der Waals surface area (Å²) >= 11 is 0. The molecular weight excluding hydrogens is 343 g/mol. The molecule has 0 unspecified atom stereocenters. The SMILES string of the molecule is Cc1cc(F)ccc1Nc1c(CC(C)C)cnc2c(OCCO)cccc12. The van der Waals surface area contributed by atoms with E-state index in [-0.39, 0.29) is 19.0 Å². The van der Waals surface area contributed by atoms with E-state index in [4.69, 9.17) is 9.84 Å². The molecule has 0 saturated carbocycles. The van der Waals surface area contributed by atoms with Crippen LogP contribution in [-0.4, -0.2) is 23.3 Å². The van der Waals surface area contributed by atoms with Gasteiger partial charge < -0.3 is 15.2 Å². The van der Waals surface area contributed by atoms with Crippen LogP contribution in [0.5, 0.6) is 5.75 Å². The van der Waals surface area contributed by atoms with Crippen LogP contribution in [0.25, 0.3) is 10.9 Å². The third-order valence-corrected chi connectivity index (χ3v) is 4.36. The molecule has 1 aromatic heterocycles. The Labute approximate surface area is 159 Å². The Bertz CT molecular complexity index is 941. The molecule has 5 heteroatoms. The highest BCUT2D eigenvalue weighted by Crippen LogP contribution is 2.35. The average Bonchev–Trinajstić information content (AvgIpc) is 2.63. The summed E-state index contributed by atoms with van der Waals surface area (Å²) in [7, 11) is 0. The second kappa shape index (κ2) is 8.35. The zero-order valence-corrected chi connectivity index (χ0v) is 15.9. The summed E-state index contributed by atoms with van der Waals surface area (Å²) in [5.41, 5.74) is 4.48. The topological polar surface area (TPSA) is 54.4 Å². The quantitative estimate of drug-likeness (QED) is 0.616. The minimum atomic E-state index is -0.250. The predicted molar refractivity (Wildman–Crippen MR) is 107 cm³/mol. The van der Waals surface area contributed by atoms with Crippen LogP contribution in [0.4, 0.5) is 15.8 Å². The Morgan fingerprint density at radius 2 is 2.04 bits per heavy atom. The number of para-hydroxylation sites is 1. The zero-order valence-electron chi connectivity index (χ0n) is 15.9. The largest absolute Gasteiger partial charge is 0.489 e. The van der Waals surface area contributed by atoms with Gasteiger partial charge in [-0.2, -0.15) is 0 Å². The molecular formula is C22H25FN2O2. The van der Waals surface area contributed by atoms with Gasteiger partial charge in [-0.05, 0) is 54.7 Å². The molecule has 3 rings (SSSR count). The lowest BCUT2D eigenvalue weighted by Crippen LogP contribution is -2.05. The first-order valence-corrected chi connectivity index (χ1v) is 9.17. The molecule has 0 amide bonds. The monoisotopic (exact) mass is 368 g/mol. The summed E-state index contributed by atoms with van der Waals surface area (Å²) in [6, 6.07) is 10.5. The van der Waals surface area contributed by atoms with Crippen molar-refractivity contribution in [1.29, 1.82) is 0 Å². The van der Waals surface area contributed by atoms with E-state index in [9.17, 15) is 4.39 Å². The van der Waals surface area contributed by atoms with Crippen molar-refractivity contribution in [2.45, 2.75) is 27.2 Å². The van der Waals surface area contributed by atoms with Crippen molar-refractivity contribution >= 4 is 22.3 Å². The maximum Gasteiger partial charge on any atom is 0.145 e. The van der Waals surface area contributed by atoms with E-state index >= 15 is 0 Å². The van der Waals surface area contributed by atoms with Crippen molar-refractivity contribution < 1.29 is 14.2 Å². The number of rotatable bonds is 7. The number of aromatic nitrogens is 1. The molecule has 0 bridgehead atoms. The summed E-state index contributed by atoms with van der Waals surface area (Å²) < 4.78 is 19.1. The van der Waals surface area contributed by atoms with Crippen LogP contribution in [0.15, 0.2) is 42.6 Å². The van der Waals surface area contributed by atoms with Crippen molar-refractivity contribution in [2.24, 2.45) is 5.92 Å². The third-order valence-electron chi connectivity index (χ3n) is 4.36. The highest BCUT2D eigenvalue weighted by atomic mass is 19.1. The van der Waals surface area contributed by atoms with Crippen LogP contribution >= 0.6 is 0 Å². The Morgan fingerprint density at radius 1 is 1.22 bits per heavy atom. The number of pyridine rings is 1. The van der Waals surface area contributed by atoms with Gasteiger partial charge in [-0.25, -0.2) is 4.39 Å². The second-order valence-electron chi connectivity index (χ2n) is 7.07. The molecule has 1 heterocycles. The number of nitrogens with zero attached hydrogens (tertiary/aromatic N) is 1. The van der Waals surface area contributed by atoms with E-state index in [0.29, 0.717) is 11.7 Å². The lowest BCUT2D eigenvalue weighted by molar-refractivity contribution is 0.202. The Morgan fingerprint density at radius 3 is 2.74 bits per heavy atom. The van der Waals surface area contributed by atoms with Gasteiger partial charge in [-0.1, -0.05) is 26.0 Å². The highest BCUT2D eigenvalue weighted by Gasteiger charge is 2.14. The van der Waals surface area contributed by atoms with E-state index in [0.717, 1.165) is 39.8 Å². The van der Waals surface area contributed by atoms with Gasteiger partial charge in [-0.15, -0.1) is 0 Å². The number of aliphatic hydroxyl groups excluding tert-OH is 1. The van der Waals surface area contributed by atoms with Crippen LogP contribution in [0, 0.1) is 18.7 Å². The standard InChI is InChI=1S/C22H25FN2O2/c1-14(2)11-16-13-24-22-18(5-4-6-20(22)27-10-9-26)21(16)25-19-8-7-17(23)12-15(19)3/h4-8,12-14,26H,9-11H2,1-3H3,(H,24,25). The highest BCUT2D eigenvalue weighted by molar-refractivity contribution is 5.97. The van der Waals surface area contributed by atoms with E-state index in [1.807, 2.05) is 31.3 Å². The summed E-state index contributed by atoms with van der Waals surface area (Å²) in [5, 5.41) is 13.5. The fourth-order valence-corrected chi connectivity index (χ4v) is 3.15. The van der Waals surface area contributed by atoms with Gasteiger partial charge in [0, 0.05) is 17.3 Å². The van der Waals surface area contributed by atoms with Gasteiger partial charge in [-0.3, -0.25) is 4.98 Å². The van der Waals surface area contributed by atoms with Gasteiger partial charge in [0.05, 0.1) is 12.3 Å². The molecule has 4 nitrogen and oxygen atoms in total. The summed E-state index contributed by atoms with van der Waals surface area (Å²) in [6.07, 6.45) is 2.74. The van der Waals surface area contributed by atoms with Gasteiger partial charge in [0.1, 0.15) is 23.7 Å². The molecule has 0 aliphatic heterocycles. The van der Waals surface area contributed by atoms with Crippen molar-refractivity contribution in [3.05, 3.63) is 59.5 Å². The molecule has 27 heavy (non-hydrogen) atoms. The minimum Gasteiger partial charge on any atom is -0.489 e. The summed E-state index contributed by atoms with van der Waals surface area (Å²) in [4.78, 5) is 4.62. The minimum absolute atomic E-state index is 0.0539. The van der Waals surface area contributed by atoms with Crippen LogP contribution < -0.4 is 10.1 Å². The van der Waals surface area contributed by atoms with Gasteiger partial charge in [0.15, 0.2) is 0 Å². The number of fused-ring (bicyclic) bond motifs is 1. The lowest BCUT2D eigenvalue weighted by Gasteiger charge is -2.18. The molecule has 0 saturated heterocycles. The predicted octanol–water partition coefficient (Wildman–Crippen LogP) is 5.00. The third kappa shape index (κ3) is 4.37. The molecule has 0 spiro atoms. The zero-order chi connectivity index (χ0) is 19.4. The van der Waals surface area contributed by atoms with Crippen LogP contribution in [0.1, 0.15) is 25.0 Å². The summed E-state index contributed by atoms with van der Waals surface area (Å²) in [6.45, 7) is 6.37. The molecule has 2 aromatic carbocycles. The molecule has 0 atom stereocenters. The first kappa shape index (κ1) is 19.1. The first-order chi connectivity index (χ1) is 13.0. The maximum absolute atomic E-state index is 13.5. The van der Waals surface area contributed by atoms with E-state index in [2.05, 4.69) is 24.1 Å². The molecule has 3 aromatic rings. The number of nitrogens with one attached hydrogen (secondary N) is 1. The van der Waals surface area contributed by atoms with Crippen LogP contribution in [0.3, 0.4) is 0 Å². The van der Waals surface area contributed by atoms with Crippen molar-refractivity contribution in [3.63, 3.8) is 0 Å². The van der Waals surface area contributed by atoms with Crippen LogP contribution in [-0.2, 0) is 6.42 Å². The number of aliphatic hydroxyl groups is 1. The number of benzene rings is 2. The van der Waals surface area contributed by atoms with E-state index < -0.39 is 0 Å². The maximum atomic E-state index is 13.5. The number of halogens is 1. The fraction of sp³-hybridized carbons (Fsp3) is 0.318. The smallest absolute Gasteiger partial charge is 0.145 e. The molecule has 0 fully saturated rings. The number of ether oxygens (including phenoxy) is 1. The van der Waals surface area contributed by atoms with Crippen molar-refractivity contribution in [2.75, 3.05) is 18.5 Å². The van der Waals surface area contributed by atoms with Crippen molar-refractivity contribution in [3.8, 4) is 5.75 Å². The number of aryl methyl sites for hydroxylation is 1. The first-order valence-electron chi connectivity index (χ1n) is 9.17. The Kier molecular flexibility index (Phi) is 5.91. The number of hydrogen-bond donors (Lipinski definition) is 2.